The molecule has 3 aromatic rings. The Morgan fingerprint density at radius 3 is 2.40 bits per heavy atom. The molecule has 10 heteroatoms. The third-order valence-electron chi connectivity index (χ3n) is 4.14. The number of imide groups is 1. The Morgan fingerprint density at radius 2 is 1.67 bits per heavy atom. The zero-order valence-electron chi connectivity index (χ0n) is 15.8. The molecule has 0 spiro atoms. The Morgan fingerprint density at radius 1 is 1.00 bits per heavy atom. The predicted octanol–water partition coefficient (Wildman–Crippen LogP) is 0.198. The lowest BCUT2D eigenvalue weighted by atomic mass is 10.2. The van der Waals surface area contributed by atoms with Crippen molar-refractivity contribution in [3.05, 3.63) is 74.8 Å². The van der Waals surface area contributed by atoms with E-state index in [-0.39, 0.29) is 22.1 Å². The van der Waals surface area contributed by atoms with E-state index >= 15 is 0 Å². The second-order valence-corrected chi connectivity index (χ2v) is 6.12. The maximum absolute atomic E-state index is 12.4. The number of nitrogens with zero attached hydrogens (tertiary/aromatic N) is 1. The summed E-state index contributed by atoms with van der Waals surface area (Å²) in [5, 5.41) is 4.70. The normalized spacial score (nSPS) is 10.4. The number of ether oxygens (including phenoxy) is 2. The van der Waals surface area contributed by atoms with Crippen LogP contribution in [0.4, 0.5) is 0 Å². The fourth-order valence-corrected chi connectivity index (χ4v) is 2.74. The summed E-state index contributed by atoms with van der Waals surface area (Å²) in [6.45, 7) is -1.35. The number of hydrogen-bond acceptors (Lipinski definition) is 7. The van der Waals surface area contributed by atoms with Gasteiger partial charge in [-0.1, -0.05) is 24.3 Å². The lowest BCUT2D eigenvalue weighted by molar-refractivity contribution is -0.149. The van der Waals surface area contributed by atoms with Gasteiger partial charge in [-0.05, 0) is 24.3 Å². The van der Waals surface area contributed by atoms with Crippen molar-refractivity contribution in [2.75, 3.05) is 13.7 Å². The molecule has 154 valence electrons. The standard InChI is InChI=1S/C20H17N3O7/c1-29-15-9-5-4-8-14(15)18(26)21-16(24)11-30-17(25)10-23-20(28)13-7-3-2-6-12(13)19(27)22-23/h2-9H,10-11H2,1H3,(H,22,27)(H,21,24,26). The van der Waals surface area contributed by atoms with E-state index in [1.54, 1.807) is 30.3 Å². The molecule has 0 aliphatic carbocycles. The number of hydrogen-bond donors (Lipinski definition) is 2. The summed E-state index contributed by atoms with van der Waals surface area (Å²) < 4.78 is 10.6. The quantitative estimate of drug-likeness (QED) is 0.553. The van der Waals surface area contributed by atoms with E-state index < -0.39 is 42.1 Å². The van der Waals surface area contributed by atoms with Crippen LogP contribution < -0.4 is 21.2 Å². The van der Waals surface area contributed by atoms with Crippen LogP contribution in [0.25, 0.3) is 10.8 Å². The SMILES string of the molecule is COc1ccccc1C(=O)NC(=O)COC(=O)Cn1[nH]c(=O)c2ccccc2c1=O. The van der Waals surface area contributed by atoms with Crippen LogP contribution in [-0.4, -0.2) is 41.3 Å². The first-order chi connectivity index (χ1) is 14.4. The van der Waals surface area contributed by atoms with Crippen molar-refractivity contribution >= 4 is 28.6 Å². The number of amides is 2. The molecule has 0 aliphatic rings. The first-order valence-corrected chi connectivity index (χ1v) is 8.75. The number of carbonyl (C=O) groups excluding carboxylic acids is 3. The highest BCUT2D eigenvalue weighted by Gasteiger charge is 2.17. The number of fused-ring (bicyclic) bond motifs is 1. The summed E-state index contributed by atoms with van der Waals surface area (Å²) in [7, 11) is 1.38. The Labute approximate surface area is 169 Å². The maximum Gasteiger partial charge on any atom is 0.328 e. The van der Waals surface area contributed by atoms with Crippen molar-refractivity contribution in [3.63, 3.8) is 0 Å². The number of nitrogens with one attached hydrogen (secondary N) is 2. The van der Waals surface area contributed by atoms with Gasteiger partial charge in [-0.15, -0.1) is 0 Å². The van der Waals surface area contributed by atoms with E-state index in [4.69, 9.17) is 9.47 Å². The molecule has 0 unspecified atom stereocenters. The van der Waals surface area contributed by atoms with Crippen LogP contribution in [0.3, 0.4) is 0 Å². The third kappa shape index (κ3) is 4.43. The topological polar surface area (TPSA) is 137 Å². The highest BCUT2D eigenvalue weighted by molar-refractivity contribution is 6.06. The number of aromatic nitrogens is 2. The highest BCUT2D eigenvalue weighted by Crippen LogP contribution is 2.16. The van der Waals surface area contributed by atoms with E-state index in [0.717, 1.165) is 4.68 Å². The van der Waals surface area contributed by atoms with Crippen LogP contribution >= 0.6 is 0 Å². The van der Waals surface area contributed by atoms with E-state index in [9.17, 15) is 24.0 Å². The molecule has 1 aromatic heterocycles. The molecular formula is C20H17N3O7. The number of H-pyrrole nitrogens is 1. The number of benzene rings is 2. The van der Waals surface area contributed by atoms with E-state index in [1.165, 1.54) is 25.3 Å². The fourth-order valence-electron chi connectivity index (χ4n) is 2.74. The Kier molecular flexibility index (Phi) is 6.06. The van der Waals surface area contributed by atoms with Gasteiger partial charge in [0.05, 0.1) is 23.4 Å². The molecule has 0 radical (unpaired) electrons. The largest absolute Gasteiger partial charge is 0.496 e. The summed E-state index contributed by atoms with van der Waals surface area (Å²) in [4.78, 5) is 60.4. The number of carbonyl (C=O) groups is 3. The average molecular weight is 411 g/mol. The van der Waals surface area contributed by atoms with Crippen LogP contribution in [0, 0.1) is 0 Å². The van der Waals surface area contributed by atoms with E-state index in [1.807, 2.05) is 0 Å². The molecule has 2 aromatic carbocycles. The maximum atomic E-state index is 12.4. The number of esters is 1. The molecular weight excluding hydrogens is 394 g/mol. The molecule has 0 fully saturated rings. The van der Waals surface area contributed by atoms with Gasteiger partial charge in [0, 0.05) is 0 Å². The molecule has 1 heterocycles. The molecule has 0 saturated carbocycles. The van der Waals surface area contributed by atoms with Crippen LogP contribution in [0.1, 0.15) is 10.4 Å². The molecule has 3 rings (SSSR count). The monoisotopic (exact) mass is 411 g/mol. The van der Waals surface area contributed by atoms with E-state index in [0.29, 0.717) is 0 Å². The van der Waals surface area contributed by atoms with Crippen LogP contribution in [-0.2, 0) is 20.9 Å². The van der Waals surface area contributed by atoms with Crippen molar-refractivity contribution in [2.24, 2.45) is 0 Å². The van der Waals surface area contributed by atoms with Gasteiger partial charge >= 0.3 is 5.97 Å². The highest BCUT2D eigenvalue weighted by atomic mass is 16.5. The zero-order valence-corrected chi connectivity index (χ0v) is 15.8. The van der Waals surface area contributed by atoms with Gasteiger partial charge < -0.3 is 9.47 Å². The summed E-state index contributed by atoms with van der Waals surface area (Å²) in [6.07, 6.45) is 0. The van der Waals surface area contributed by atoms with Crippen molar-refractivity contribution in [1.82, 2.24) is 15.1 Å². The molecule has 0 aliphatic heterocycles. The number of aromatic amines is 1. The second-order valence-electron chi connectivity index (χ2n) is 6.12. The molecule has 2 N–H and O–H groups in total. The van der Waals surface area contributed by atoms with Gasteiger partial charge in [0.25, 0.3) is 22.9 Å². The lowest BCUT2D eigenvalue weighted by Gasteiger charge is -2.09. The first kappa shape index (κ1) is 20.5. The second kappa shape index (κ2) is 8.86. The van der Waals surface area contributed by atoms with Crippen LogP contribution in [0.5, 0.6) is 5.75 Å². The minimum absolute atomic E-state index is 0.139. The number of para-hydroxylation sites is 1. The van der Waals surface area contributed by atoms with Gasteiger partial charge in [-0.25, -0.2) is 4.68 Å². The van der Waals surface area contributed by atoms with Gasteiger partial charge in [-0.2, -0.15) is 0 Å². The average Bonchev–Trinajstić information content (AvgIpc) is 2.75. The van der Waals surface area contributed by atoms with Crippen molar-refractivity contribution in [1.29, 1.82) is 0 Å². The minimum Gasteiger partial charge on any atom is -0.496 e. The molecule has 0 atom stereocenters. The van der Waals surface area contributed by atoms with Gasteiger partial charge in [0.1, 0.15) is 12.3 Å². The number of rotatable bonds is 6. The summed E-state index contributed by atoms with van der Waals surface area (Å²) in [6, 6.07) is 12.4. The first-order valence-electron chi connectivity index (χ1n) is 8.75. The molecule has 10 nitrogen and oxygen atoms in total. The molecule has 2 amide bonds. The molecule has 30 heavy (non-hydrogen) atoms. The van der Waals surface area contributed by atoms with Crippen LogP contribution in [0.2, 0.25) is 0 Å². The number of methoxy groups -OCH3 is 1. The van der Waals surface area contributed by atoms with Crippen molar-refractivity contribution in [3.8, 4) is 5.75 Å². The third-order valence-corrected chi connectivity index (χ3v) is 4.14. The summed E-state index contributed by atoms with van der Waals surface area (Å²) >= 11 is 0. The Hall–Kier alpha value is -4.21. The Balaban J connectivity index is 1.61. The zero-order chi connectivity index (χ0) is 21.7. The lowest BCUT2D eigenvalue weighted by Crippen LogP contribution is -2.36. The summed E-state index contributed by atoms with van der Waals surface area (Å²) in [5.41, 5.74) is -0.990. The van der Waals surface area contributed by atoms with Gasteiger partial charge in [0.2, 0.25) is 0 Å². The van der Waals surface area contributed by atoms with Gasteiger partial charge in [-0.3, -0.25) is 34.4 Å². The van der Waals surface area contributed by atoms with Gasteiger partial charge in [0.15, 0.2) is 6.61 Å². The van der Waals surface area contributed by atoms with Crippen LogP contribution in [0.15, 0.2) is 58.1 Å². The Bertz CT molecular complexity index is 1240. The predicted molar refractivity (Wildman–Crippen MR) is 105 cm³/mol. The summed E-state index contributed by atoms with van der Waals surface area (Å²) in [5.74, 6) is -2.25. The fraction of sp³-hybridized carbons (Fsp3) is 0.150. The molecule has 0 bridgehead atoms. The smallest absolute Gasteiger partial charge is 0.328 e. The minimum atomic E-state index is -0.942. The van der Waals surface area contributed by atoms with E-state index in [2.05, 4.69) is 10.4 Å². The van der Waals surface area contributed by atoms with Crippen molar-refractivity contribution in [2.45, 2.75) is 6.54 Å². The van der Waals surface area contributed by atoms with Crippen molar-refractivity contribution < 1.29 is 23.9 Å². The molecule has 0 saturated heterocycles.